The zero-order valence-electron chi connectivity index (χ0n) is 21.2. The van der Waals surface area contributed by atoms with Crippen molar-refractivity contribution < 1.29 is 24.1 Å². The zero-order chi connectivity index (χ0) is 27.1. The van der Waals surface area contributed by atoms with E-state index < -0.39 is 5.97 Å². The number of benzene rings is 3. The van der Waals surface area contributed by atoms with Gasteiger partial charge in [-0.2, -0.15) is 5.26 Å². The van der Waals surface area contributed by atoms with E-state index in [1.54, 1.807) is 43.5 Å². The van der Waals surface area contributed by atoms with E-state index in [9.17, 15) is 10.1 Å². The molecule has 0 saturated carbocycles. The summed E-state index contributed by atoms with van der Waals surface area (Å²) in [5.41, 5.74) is 4.47. The van der Waals surface area contributed by atoms with Gasteiger partial charge in [0.25, 0.3) is 0 Å². The van der Waals surface area contributed by atoms with Crippen molar-refractivity contribution in [3.05, 3.63) is 95.3 Å². The van der Waals surface area contributed by atoms with E-state index in [1.165, 1.54) is 0 Å². The maximum absolute atomic E-state index is 11.1. The predicted octanol–water partition coefficient (Wildman–Crippen LogP) is 6.04. The molecule has 0 aliphatic heterocycles. The molecule has 8 heteroatoms. The first kappa shape index (κ1) is 26.0. The topological polar surface area (TPSA) is 117 Å². The summed E-state index contributed by atoms with van der Waals surface area (Å²) in [6, 6.07) is 18.0. The summed E-state index contributed by atoms with van der Waals surface area (Å²) >= 11 is 0. The quantitative estimate of drug-likeness (QED) is 0.187. The SMILES string of the molecule is C=CCc1cc(/C=C(/C#N)c2nc3ccc(OC)cc3[nH]2)cc(OCC)c1OCc1ccc(C(=O)O)cc1. The molecule has 38 heavy (non-hydrogen) atoms. The first-order chi connectivity index (χ1) is 18.4. The molecule has 1 aromatic heterocycles. The molecule has 0 saturated heterocycles. The number of methoxy groups -OCH3 is 1. The standard InChI is InChI=1S/C30H27N3O5/c1-4-6-22-13-20(14-23(17-31)29-32-25-12-11-24(36-3)16-26(25)33-29)15-27(37-5-2)28(22)38-18-19-7-9-21(10-8-19)30(34)35/h4,7-16H,1,5-6,18H2,2-3H3,(H,32,33)(H,34,35)/b23-14-. The van der Waals surface area contributed by atoms with Crippen molar-refractivity contribution in [3.63, 3.8) is 0 Å². The Labute approximate surface area is 220 Å². The van der Waals surface area contributed by atoms with Crippen LogP contribution in [0.3, 0.4) is 0 Å². The number of aromatic carboxylic acids is 1. The van der Waals surface area contributed by atoms with Gasteiger partial charge in [-0.1, -0.05) is 18.2 Å². The summed E-state index contributed by atoms with van der Waals surface area (Å²) in [5.74, 6) is 1.27. The predicted molar refractivity (Wildman–Crippen MR) is 145 cm³/mol. The molecule has 4 aromatic rings. The van der Waals surface area contributed by atoms with Crippen molar-refractivity contribution in [1.82, 2.24) is 9.97 Å². The van der Waals surface area contributed by atoms with E-state index in [1.807, 2.05) is 37.3 Å². The van der Waals surface area contributed by atoms with E-state index in [0.29, 0.717) is 41.7 Å². The number of rotatable bonds is 11. The monoisotopic (exact) mass is 509 g/mol. The van der Waals surface area contributed by atoms with Crippen molar-refractivity contribution >= 4 is 28.7 Å². The number of hydrogen-bond donors (Lipinski definition) is 2. The lowest BCUT2D eigenvalue weighted by molar-refractivity contribution is 0.0697. The smallest absolute Gasteiger partial charge is 0.335 e. The Balaban J connectivity index is 1.68. The first-order valence-electron chi connectivity index (χ1n) is 12.0. The van der Waals surface area contributed by atoms with Crippen LogP contribution in [0.4, 0.5) is 0 Å². The van der Waals surface area contributed by atoms with Gasteiger partial charge >= 0.3 is 5.97 Å². The minimum Gasteiger partial charge on any atom is -0.497 e. The summed E-state index contributed by atoms with van der Waals surface area (Å²) < 4.78 is 17.3. The minimum absolute atomic E-state index is 0.212. The van der Waals surface area contributed by atoms with Gasteiger partial charge < -0.3 is 24.3 Å². The molecule has 3 aromatic carbocycles. The third-order valence-corrected chi connectivity index (χ3v) is 5.78. The van der Waals surface area contributed by atoms with E-state index in [0.717, 1.165) is 27.7 Å². The summed E-state index contributed by atoms with van der Waals surface area (Å²) in [5, 5.41) is 19.0. The highest BCUT2D eigenvalue weighted by Crippen LogP contribution is 2.36. The lowest BCUT2D eigenvalue weighted by atomic mass is 10.0. The fourth-order valence-corrected chi connectivity index (χ4v) is 3.96. The van der Waals surface area contributed by atoms with Crippen LogP contribution in [-0.2, 0) is 13.0 Å². The molecule has 0 amide bonds. The summed E-state index contributed by atoms with van der Waals surface area (Å²) in [4.78, 5) is 18.9. The molecule has 1 heterocycles. The molecule has 0 unspecified atom stereocenters. The summed E-state index contributed by atoms with van der Waals surface area (Å²) in [6.07, 6.45) is 4.03. The van der Waals surface area contributed by atoms with E-state index >= 15 is 0 Å². The average molecular weight is 510 g/mol. The Morgan fingerprint density at radius 1 is 1.16 bits per heavy atom. The van der Waals surface area contributed by atoms with Gasteiger partial charge in [-0.3, -0.25) is 0 Å². The number of imidazole rings is 1. The van der Waals surface area contributed by atoms with Gasteiger partial charge in [0.1, 0.15) is 24.3 Å². The number of hydrogen-bond acceptors (Lipinski definition) is 6. The lowest BCUT2D eigenvalue weighted by Crippen LogP contribution is -2.04. The number of nitrogens with one attached hydrogen (secondary N) is 1. The first-order valence-corrected chi connectivity index (χ1v) is 12.0. The molecule has 0 radical (unpaired) electrons. The van der Waals surface area contributed by atoms with Gasteiger partial charge in [0, 0.05) is 11.6 Å². The summed E-state index contributed by atoms with van der Waals surface area (Å²) in [6.45, 7) is 6.39. The third-order valence-electron chi connectivity index (χ3n) is 5.78. The van der Waals surface area contributed by atoms with Crippen LogP contribution < -0.4 is 14.2 Å². The highest BCUT2D eigenvalue weighted by atomic mass is 16.5. The number of fused-ring (bicyclic) bond motifs is 1. The molecule has 0 spiro atoms. The van der Waals surface area contributed by atoms with Crippen LogP contribution in [-0.4, -0.2) is 34.8 Å². The van der Waals surface area contributed by atoms with Crippen LogP contribution in [0.2, 0.25) is 0 Å². The number of carboxylic acids is 1. The minimum atomic E-state index is -0.980. The normalized spacial score (nSPS) is 11.1. The number of nitriles is 1. The molecule has 2 N–H and O–H groups in total. The molecule has 0 fully saturated rings. The number of allylic oxidation sites excluding steroid dienone is 2. The summed E-state index contributed by atoms with van der Waals surface area (Å²) in [7, 11) is 1.60. The third kappa shape index (κ3) is 5.85. The van der Waals surface area contributed by atoms with Crippen LogP contribution in [0, 0.1) is 11.3 Å². The molecular formula is C30H27N3O5. The molecule has 0 aliphatic carbocycles. The molecule has 192 valence electrons. The Kier molecular flexibility index (Phi) is 8.09. The van der Waals surface area contributed by atoms with Gasteiger partial charge in [-0.05, 0) is 66.9 Å². The number of nitrogens with zero attached hydrogens (tertiary/aromatic N) is 2. The van der Waals surface area contributed by atoms with Crippen molar-refractivity contribution in [2.75, 3.05) is 13.7 Å². The number of H-pyrrole nitrogens is 1. The van der Waals surface area contributed by atoms with Gasteiger partial charge in [0.15, 0.2) is 11.5 Å². The number of aromatic nitrogens is 2. The van der Waals surface area contributed by atoms with Crippen LogP contribution in [0.5, 0.6) is 17.2 Å². The number of carboxylic acid groups (broad SMARTS) is 1. The lowest BCUT2D eigenvalue weighted by Gasteiger charge is -2.17. The van der Waals surface area contributed by atoms with Gasteiger partial charge in [0.05, 0.1) is 35.9 Å². The van der Waals surface area contributed by atoms with Gasteiger partial charge in [0.2, 0.25) is 0 Å². The Bertz CT molecular complexity index is 1540. The molecule has 0 atom stereocenters. The van der Waals surface area contributed by atoms with Crippen LogP contribution in [0.15, 0.2) is 67.3 Å². The molecule has 4 rings (SSSR count). The fourth-order valence-electron chi connectivity index (χ4n) is 3.96. The van der Waals surface area contributed by atoms with Crippen LogP contribution in [0.25, 0.3) is 22.7 Å². The Hall–Kier alpha value is -5.03. The maximum atomic E-state index is 11.1. The Morgan fingerprint density at radius 2 is 1.95 bits per heavy atom. The second-order valence-electron chi connectivity index (χ2n) is 8.36. The van der Waals surface area contributed by atoms with E-state index in [-0.39, 0.29) is 12.2 Å². The highest BCUT2D eigenvalue weighted by molar-refractivity contribution is 5.91. The van der Waals surface area contributed by atoms with E-state index in [2.05, 4.69) is 22.6 Å². The molecular weight excluding hydrogens is 482 g/mol. The average Bonchev–Trinajstić information content (AvgIpc) is 3.35. The fraction of sp³-hybridized carbons (Fsp3) is 0.167. The number of carbonyl (C=O) groups is 1. The Morgan fingerprint density at radius 3 is 2.61 bits per heavy atom. The van der Waals surface area contributed by atoms with Crippen LogP contribution >= 0.6 is 0 Å². The number of ether oxygens (including phenoxy) is 3. The largest absolute Gasteiger partial charge is 0.497 e. The highest BCUT2D eigenvalue weighted by Gasteiger charge is 2.15. The molecule has 0 aliphatic rings. The zero-order valence-corrected chi connectivity index (χ0v) is 21.2. The van der Waals surface area contributed by atoms with Crippen LogP contribution in [0.1, 0.15) is 39.8 Å². The van der Waals surface area contributed by atoms with Gasteiger partial charge in [-0.15, -0.1) is 6.58 Å². The molecule has 8 nitrogen and oxygen atoms in total. The molecule has 0 bridgehead atoms. The maximum Gasteiger partial charge on any atom is 0.335 e. The van der Waals surface area contributed by atoms with Crippen molar-refractivity contribution in [3.8, 4) is 23.3 Å². The van der Waals surface area contributed by atoms with Crippen molar-refractivity contribution in [1.29, 1.82) is 5.26 Å². The van der Waals surface area contributed by atoms with Crippen molar-refractivity contribution in [2.24, 2.45) is 0 Å². The van der Waals surface area contributed by atoms with E-state index in [4.69, 9.17) is 19.3 Å². The number of aromatic amines is 1. The second-order valence-corrected chi connectivity index (χ2v) is 8.36. The van der Waals surface area contributed by atoms with Crippen molar-refractivity contribution in [2.45, 2.75) is 20.0 Å². The second kappa shape index (κ2) is 11.8. The van der Waals surface area contributed by atoms with Gasteiger partial charge in [-0.25, -0.2) is 9.78 Å².